The molecular weight excluding hydrogens is 321 g/mol. The van der Waals surface area contributed by atoms with E-state index in [1.807, 2.05) is 0 Å². The normalized spacial score (nSPS) is 19.9. The number of nitrogens with zero attached hydrogens (tertiary/aromatic N) is 1. The van der Waals surface area contributed by atoms with E-state index in [1.165, 1.54) is 18.2 Å². The Morgan fingerprint density at radius 1 is 1.50 bits per heavy atom. The van der Waals surface area contributed by atoms with Crippen molar-refractivity contribution in [3.8, 4) is 0 Å². The number of alkyl halides is 1. The van der Waals surface area contributed by atoms with Crippen LogP contribution in [0.3, 0.4) is 0 Å². The summed E-state index contributed by atoms with van der Waals surface area (Å²) in [4.78, 5) is 14.2. The van der Waals surface area contributed by atoms with Gasteiger partial charge in [0, 0.05) is 22.9 Å². The van der Waals surface area contributed by atoms with Crippen molar-refractivity contribution < 1.29 is 9.18 Å². The third-order valence-corrected chi connectivity index (χ3v) is 4.24. The molecule has 1 unspecified atom stereocenters. The molecule has 1 aromatic carbocycles. The molecule has 1 heterocycles. The Balaban J connectivity index is 2.24. The van der Waals surface area contributed by atoms with E-state index in [1.54, 1.807) is 4.90 Å². The van der Waals surface area contributed by atoms with Crippen LogP contribution in [-0.2, 0) is 0 Å². The summed E-state index contributed by atoms with van der Waals surface area (Å²) in [5.41, 5.74) is 0.494. The topological polar surface area (TPSA) is 20.3 Å². The second-order valence-corrected chi connectivity index (χ2v) is 5.59. The first-order valence-corrected chi connectivity index (χ1v) is 7.28. The molecule has 1 aromatic rings. The van der Waals surface area contributed by atoms with Crippen molar-refractivity contribution in [2.75, 3.05) is 12.4 Å². The zero-order chi connectivity index (χ0) is 13.1. The highest BCUT2D eigenvalue weighted by atomic mass is 79.9. The van der Waals surface area contributed by atoms with Gasteiger partial charge in [0.1, 0.15) is 5.82 Å². The van der Waals surface area contributed by atoms with E-state index in [4.69, 9.17) is 11.6 Å². The van der Waals surface area contributed by atoms with Crippen LogP contribution in [0.25, 0.3) is 0 Å². The van der Waals surface area contributed by atoms with Crippen LogP contribution in [0.4, 0.5) is 4.39 Å². The Morgan fingerprint density at radius 3 is 2.94 bits per heavy atom. The number of piperidine rings is 1. The molecule has 2 rings (SSSR count). The highest BCUT2D eigenvalue weighted by molar-refractivity contribution is 9.10. The maximum absolute atomic E-state index is 13.0. The molecule has 1 amide bonds. The average Bonchev–Trinajstić information content (AvgIpc) is 2.38. The third kappa shape index (κ3) is 2.86. The Kier molecular flexibility index (Phi) is 4.62. The van der Waals surface area contributed by atoms with Gasteiger partial charge in [-0.2, -0.15) is 0 Å². The number of hydrogen-bond donors (Lipinski definition) is 0. The van der Waals surface area contributed by atoms with Crippen LogP contribution < -0.4 is 0 Å². The van der Waals surface area contributed by atoms with Gasteiger partial charge in [0.2, 0.25) is 0 Å². The van der Waals surface area contributed by atoms with Crippen LogP contribution in [0.2, 0.25) is 0 Å². The molecule has 1 atom stereocenters. The zero-order valence-electron chi connectivity index (χ0n) is 9.83. The fourth-order valence-electron chi connectivity index (χ4n) is 2.25. The summed E-state index contributed by atoms with van der Waals surface area (Å²) in [7, 11) is 0. The van der Waals surface area contributed by atoms with Crippen LogP contribution in [0.5, 0.6) is 0 Å². The minimum Gasteiger partial charge on any atom is -0.334 e. The first-order chi connectivity index (χ1) is 8.63. The van der Waals surface area contributed by atoms with E-state index in [9.17, 15) is 9.18 Å². The summed E-state index contributed by atoms with van der Waals surface area (Å²) >= 11 is 9.14. The number of benzene rings is 1. The van der Waals surface area contributed by atoms with E-state index >= 15 is 0 Å². The van der Waals surface area contributed by atoms with Crippen LogP contribution >= 0.6 is 27.5 Å². The SMILES string of the molecule is O=C(c1ccc(F)cc1Br)N1CCCCC1CCl. The van der Waals surface area contributed by atoms with Gasteiger partial charge < -0.3 is 4.90 Å². The van der Waals surface area contributed by atoms with Gasteiger partial charge in [-0.25, -0.2) is 4.39 Å². The van der Waals surface area contributed by atoms with Gasteiger partial charge in [0.15, 0.2) is 0 Å². The van der Waals surface area contributed by atoms with Gasteiger partial charge in [-0.05, 0) is 53.4 Å². The van der Waals surface area contributed by atoms with Gasteiger partial charge in [-0.15, -0.1) is 11.6 Å². The lowest BCUT2D eigenvalue weighted by atomic mass is 10.0. The van der Waals surface area contributed by atoms with Crippen LogP contribution in [0, 0.1) is 5.82 Å². The van der Waals surface area contributed by atoms with Crippen LogP contribution in [0.1, 0.15) is 29.6 Å². The lowest BCUT2D eigenvalue weighted by Gasteiger charge is -2.34. The van der Waals surface area contributed by atoms with E-state index < -0.39 is 0 Å². The molecule has 1 aliphatic rings. The van der Waals surface area contributed by atoms with Crippen molar-refractivity contribution in [2.24, 2.45) is 0 Å². The lowest BCUT2D eigenvalue weighted by molar-refractivity contribution is 0.0638. The lowest BCUT2D eigenvalue weighted by Crippen LogP contribution is -2.44. The predicted molar refractivity (Wildman–Crippen MR) is 73.5 cm³/mol. The van der Waals surface area contributed by atoms with E-state index in [0.717, 1.165) is 25.8 Å². The summed E-state index contributed by atoms with van der Waals surface area (Å²) in [5, 5.41) is 0. The molecule has 5 heteroatoms. The second kappa shape index (κ2) is 6.02. The smallest absolute Gasteiger partial charge is 0.255 e. The Morgan fingerprint density at radius 2 is 2.28 bits per heavy atom. The van der Waals surface area contributed by atoms with Crippen molar-refractivity contribution in [1.82, 2.24) is 4.90 Å². The number of carbonyl (C=O) groups is 1. The van der Waals surface area contributed by atoms with E-state index in [0.29, 0.717) is 15.9 Å². The zero-order valence-corrected chi connectivity index (χ0v) is 12.2. The standard InChI is InChI=1S/C13H14BrClFNO/c14-12-7-9(16)4-5-11(12)13(18)17-6-2-1-3-10(17)8-15/h4-5,7,10H,1-3,6,8H2. The van der Waals surface area contributed by atoms with Crippen molar-refractivity contribution >= 4 is 33.4 Å². The Labute approximate surface area is 119 Å². The van der Waals surface area contributed by atoms with Gasteiger partial charge in [0.05, 0.1) is 5.56 Å². The molecule has 0 bridgehead atoms. The monoisotopic (exact) mass is 333 g/mol. The fourth-order valence-corrected chi connectivity index (χ4v) is 3.09. The number of carbonyl (C=O) groups excluding carboxylic acids is 1. The molecule has 1 saturated heterocycles. The molecule has 0 aliphatic carbocycles. The second-order valence-electron chi connectivity index (χ2n) is 4.43. The first kappa shape index (κ1) is 13.8. The van der Waals surface area contributed by atoms with Crippen molar-refractivity contribution in [1.29, 1.82) is 0 Å². The van der Waals surface area contributed by atoms with E-state index in [2.05, 4.69) is 15.9 Å². The van der Waals surface area contributed by atoms with Crippen molar-refractivity contribution in [2.45, 2.75) is 25.3 Å². The van der Waals surface area contributed by atoms with Crippen molar-refractivity contribution in [3.05, 3.63) is 34.1 Å². The molecule has 0 aromatic heterocycles. The van der Waals surface area contributed by atoms with E-state index in [-0.39, 0.29) is 17.8 Å². The Hall–Kier alpha value is -0.610. The van der Waals surface area contributed by atoms with Gasteiger partial charge in [0.25, 0.3) is 5.91 Å². The van der Waals surface area contributed by atoms with Crippen LogP contribution in [0.15, 0.2) is 22.7 Å². The summed E-state index contributed by atoms with van der Waals surface area (Å²) in [6.45, 7) is 0.722. The molecule has 1 fully saturated rings. The molecule has 0 spiro atoms. The largest absolute Gasteiger partial charge is 0.334 e. The first-order valence-electron chi connectivity index (χ1n) is 5.95. The van der Waals surface area contributed by atoms with Crippen LogP contribution in [-0.4, -0.2) is 29.3 Å². The third-order valence-electron chi connectivity index (χ3n) is 3.23. The molecular formula is C13H14BrClFNO. The number of hydrogen-bond acceptors (Lipinski definition) is 1. The number of halogens is 3. The fraction of sp³-hybridized carbons (Fsp3) is 0.462. The quantitative estimate of drug-likeness (QED) is 0.753. The molecule has 98 valence electrons. The number of rotatable bonds is 2. The highest BCUT2D eigenvalue weighted by Gasteiger charge is 2.27. The minimum absolute atomic E-state index is 0.0766. The molecule has 2 nitrogen and oxygen atoms in total. The number of likely N-dealkylation sites (tertiary alicyclic amines) is 1. The summed E-state index contributed by atoms with van der Waals surface area (Å²) in [6.07, 6.45) is 3.04. The van der Waals surface area contributed by atoms with Gasteiger partial charge in [-0.3, -0.25) is 4.79 Å². The summed E-state index contributed by atoms with van der Waals surface area (Å²) < 4.78 is 13.5. The maximum Gasteiger partial charge on any atom is 0.255 e. The average molecular weight is 335 g/mol. The minimum atomic E-state index is -0.356. The van der Waals surface area contributed by atoms with Gasteiger partial charge >= 0.3 is 0 Å². The molecule has 18 heavy (non-hydrogen) atoms. The molecule has 0 N–H and O–H groups in total. The predicted octanol–water partition coefficient (Wildman–Crippen LogP) is 3.82. The Bertz CT molecular complexity index is 455. The van der Waals surface area contributed by atoms with Gasteiger partial charge in [-0.1, -0.05) is 0 Å². The summed E-state index contributed by atoms with van der Waals surface area (Å²) in [6, 6.07) is 4.22. The van der Waals surface area contributed by atoms with Crippen molar-refractivity contribution in [3.63, 3.8) is 0 Å². The summed E-state index contributed by atoms with van der Waals surface area (Å²) in [5.74, 6) is 0.0167. The molecule has 1 aliphatic heterocycles. The maximum atomic E-state index is 13.0. The molecule has 0 saturated carbocycles. The highest BCUT2D eigenvalue weighted by Crippen LogP contribution is 2.24. The molecule has 0 radical (unpaired) electrons. The number of amides is 1.